The Hall–Kier alpha value is -3.05. The molecule has 0 atom stereocenters. The molecule has 8 nitrogen and oxygen atoms in total. The summed E-state index contributed by atoms with van der Waals surface area (Å²) >= 11 is 0. The average molecular weight is 287 g/mol. The number of rotatable bonds is 4. The van der Waals surface area contributed by atoms with E-state index in [-0.39, 0.29) is 24.0 Å². The highest BCUT2D eigenvalue weighted by molar-refractivity contribution is 5.47. The van der Waals surface area contributed by atoms with Crippen LogP contribution in [-0.2, 0) is 0 Å². The molecule has 0 radical (unpaired) electrons. The molecule has 0 saturated heterocycles. The number of nitrogens with one attached hydrogen (secondary N) is 2. The Morgan fingerprint density at radius 3 is 2.71 bits per heavy atom. The first-order chi connectivity index (χ1) is 10.0. The van der Waals surface area contributed by atoms with Crippen molar-refractivity contribution in [3.05, 3.63) is 34.5 Å². The van der Waals surface area contributed by atoms with Crippen LogP contribution in [0.4, 0.5) is 5.95 Å². The van der Waals surface area contributed by atoms with Gasteiger partial charge in [-0.2, -0.15) is 9.97 Å². The fourth-order valence-electron chi connectivity index (χ4n) is 1.69. The number of phenolic OH excluding ortho intramolecular Hbond substituents is 2. The topological polar surface area (TPSA) is 112 Å². The van der Waals surface area contributed by atoms with E-state index in [0.717, 1.165) is 0 Å². The molecule has 1 aromatic carbocycles. The third kappa shape index (κ3) is 3.10. The van der Waals surface area contributed by atoms with Crippen molar-refractivity contribution in [1.29, 1.82) is 0 Å². The predicted molar refractivity (Wildman–Crippen MR) is 76.2 cm³/mol. The van der Waals surface area contributed by atoms with Gasteiger partial charge in [-0.05, 0) is 19.1 Å². The fraction of sp³-hybridized carbons (Fsp3) is 0.154. The van der Waals surface area contributed by atoms with Crippen LogP contribution in [0.25, 0.3) is 5.69 Å². The summed E-state index contributed by atoms with van der Waals surface area (Å²) in [5.74, 6) is 2.18. The minimum atomic E-state index is -0.586. The lowest BCUT2D eigenvalue weighted by Gasteiger charge is -2.11. The normalized spacial score (nSPS) is 10.1. The summed E-state index contributed by atoms with van der Waals surface area (Å²) in [6.07, 6.45) is 5.08. The maximum atomic E-state index is 12.0. The Labute approximate surface area is 120 Å². The Balaban J connectivity index is 2.39. The number of anilines is 1. The van der Waals surface area contributed by atoms with Crippen LogP contribution in [0.15, 0.2) is 23.0 Å². The molecule has 0 unspecified atom stereocenters. The molecule has 0 spiro atoms. The molecule has 4 N–H and O–H groups in total. The molecule has 0 aliphatic heterocycles. The van der Waals surface area contributed by atoms with Crippen molar-refractivity contribution in [3.8, 4) is 29.5 Å². The van der Waals surface area contributed by atoms with Crippen LogP contribution >= 0.6 is 0 Å². The molecule has 0 amide bonds. The van der Waals surface area contributed by atoms with E-state index in [1.54, 1.807) is 6.92 Å². The van der Waals surface area contributed by atoms with Crippen molar-refractivity contribution in [1.82, 2.24) is 20.0 Å². The molecule has 21 heavy (non-hydrogen) atoms. The van der Waals surface area contributed by atoms with Crippen LogP contribution in [-0.4, -0.2) is 31.3 Å². The van der Waals surface area contributed by atoms with Gasteiger partial charge >= 0.3 is 5.69 Å². The van der Waals surface area contributed by atoms with Gasteiger partial charge in [0.15, 0.2) is 11.5 Å². The Kier molecular flexibility index (Phi) is 4.06. The summed E-state index contributed by atoms with van der Waals surface area (Å²) < 4.78 is 1.20. The number of aromatic hydroxyl groups is 2. The summed E-state index contributed by atoms with van der Waals surface area (Å²) in [7, 11) is 0. The quantitative estimate of drug-likeness (QED) is 0.269. The molecule has 2 aromatic rings. The number of terminal acetylenes is 1. The molecule has 0 fully saturated rings. The standard InChI is InChI=1S/C13H13N5O3/c1-3-6-14-17-12-15-8(2)18(13(21)16-12)9-4-5-10(19)11(20)7-9/h1,4-5,7,14,19-20H,6H2,2H3,(H,16,17,21). The zero-order valence-electron chi connectivity index (χ0n) is 11.2. The summed E-state index contributed by atoms with van der Waals surface area (Å²) in [5, 5.41) is 18.8. The molecular formula is C13H13N5O3. The minimum Gasteiger partial charge on any atom is -0.504 e. The number of aromatic nitrogens is 3. The van der Waals surface area contributed by atoms with Crippen LogP contribution in [0.5, 0.6) is 11.5 Å². The summed E-state index contributed by atoms with van der Waals surface area (Å²) in [6, 6.07) is 3.99. The van der Waals surface area contributed by atoms with Gasteiger partial charge in [-0.15, -0.1) is 6.42 Å². The first kappa shape index (κ1) is 14.4. The van der Waals surface area contributed by atoms with E-state index >= 15 is 0 Å². The lowest BCUT2D eigenvalue weighted by molar-refractivity contribution is 0.403. The van der Waals surface area contributed by atoms with Gasteiger partial charge in [0.25, 0.3) is 0 Å². The van der Waals surface area contributed by atoms with E-state index in [0.29, 0.717) is 11.5 Å². The van der Waals surface area contributed by atoms with Crippen LogP contribution in [0.2, 0.25) is 0 Å². The number of benzene rings is 1. The SMILES string of the molecule is C#CCNNc1nc(C)n(-c2ccc(O)c(O)c2)c(=O)n1. The second-order valence-electron chi connectivity index (χ2n) is 4.07. The van der Waals surface area contributed by atoms with Gasteiger partial charge in [-0.3, -0.25) is 5.43 Å². The highest BCUT2D eigenvalue weighted by Gasteiger charge is 2.10. The molecular weight excluding hydrogens is 274 g/mol. The second kappa shape index (κ2) is 5.94. The van der Waals surface area contributed by atoms with Crippen LogP contribution < -0.4 is 16.5 Å². The van der Waals surface area contributed by atoms with Gasteiger partial charge in [-0.1, -0.05) is 5.92 Å². The van der Waals surface area contributed by atoms with Crippen LogP contribution in [0.3, 0.4) is 0 Å². The number of hydrogen-bond acceptors (Lipinski definition) is 7. The number of nitrogens with zero attached hydrogens (tertiary/aromatic N) is 3. The maximum Gasteiger partial charge on any atom is 0.356 e. The molecule has 0 aliphatic rings. The van der Waals surface area contributed by atoms with E-state index < -0.39 is 5.69 Å². The van der Waals surface area contributed by atoms with E-state index in [1.807, 2.05) is 0 Å². The predicted octanol–water partition coefficient (Wildman–Crippen LogP) is -0.103. The highest BCUT2D eigenvalue weighted by atomic mass is 16.3. The molecule has 2 rings (SSSR count). The molecule has 108 valence electrons. The van der Waals surface area contributed by atoms with Crippen molar-refractivity contribution in [2.24, 2.45) is 0 Å². The smallest absolute Gasteiger partial charge is 0.356 e. The highest BCUT2D eigenvalue weighted by Crippen LogP contribution is 2.26. The van der Waals surface area contributed by atoms with Crippen LogP contribution in [0.1, 0.15) is 5.82 Å². The summed E-state index contributed by atoms with van der Waals surface area (Å²) in [6.45, 7) is 1.86. The van der Waals surface area contributed by atoms with E-state index in [4.69, 9.17) is 6.42 Å². The zero-order chi connectivity index (χ0) is 15.4. The molecule has 0 saturated carbocycles. The van der Waals surface area contributed by atoms with Gasteiger partial charge in [0, 0.05) is 6.07 Å². The lowest BCUT2D eigenvalue weighted by atomic mass is 10.2. The van der Waals surface area contributed by atoms with Crippen LogP contribution in [0, 0.1) is 19.3 Å². The van der Waals surface area contributed by atoms with E-state index in [2.05, 4.69) is 26.7 Å². The summed E-state index contributed by atoms with van der Waals surface area (Å²) in [5.41, 5.74) is 5.02. The van der Waals surface area contributed by atoms with Gasteiger partial charge in [0.1, 0.15) is 5.82 Å². The van der Waals surface area contributed by atoms with Gasteiger partial charge in [-0.25, -0.2) is 14.8 Å². The van der Waals surface area contributed by atoms with Gasteiger partial charge < -0.3 is 10.2 Å². The Morgan fingerprint density at radius 1 is 1.33 bits per heavy atom. The minimum absolute atomic E-state index is 0.0898. The number of hydrazine groups is 1. The van der Waals surface area contributed by atoms with Gasteiger partial charge in [0.2, 0.25) is 5.95 Å². The monoisotopic (exact) mass is 287 g/mol. The maximum absolute atomic E-state index is 12.0. The van der Waals surface area contributed by atoms with Crippen molar-refractivity contribution in [3.63, 3.8) is 0 Å². The molecule has 0 bridgehead atoms. The molecule has 0 aliphatic carbocycles. The number of hydrogen-bond donors (Lipinski definition) is 4. The molecule has 1 aromatic heterocycles. The molecule has 1 heterocycles. The Morgan fingerprint density at radius 2 is 2.10 bits per heavy atom. The van der Waals surface area contributed by atoms with Crippen molar-refractivity contribution >= 4 is 5.95 Å². The summed E-state index contributed by atoms with van der Waals surface area (Å²) in [4.78, 5) is 19.9. The molecule has 8 heteroatoms. The largest absolute Gasteiger partial charge is 0.504 e. The third-order valence-corrected chi connectivity index (χ3v) is 2.59. The number of phenols is 2. The number of aryl methyl sites for hydroxylation is 1. The zero-order valence-corrected chi connectivity index (χ0v) is 11.2. The van der Waals surface area contributed by atoms with Crippen molar-refractivity contribution < 1.29 is 10.2 Å². The third-order valence-electron chi connectivity index (χ3n) is 2.59. The first-order valence-electron chi connectivity index (χ1n) is 5.95. The lowest BCUT2D eigenvalue weighted by Crippen LogP contribution is -2.30. The average Bonchev–Trinajstić information content (AvgIpc) is 2.42. The van der Waals surface area contributed by atoms with E-state index in [1.165, 1.54) is 22.8 Å². The van der Waals surface area contributed by atoms with Crippen molar-refractivity contribution in [2.45, 2.75) is 6.92 Å². The second-order valence-corrected chi connectivity index (χ2v) is 4.07. The van der Waals surface area contributed by atoms with E-state index in [9.17, 15) is 15.0 Å². The van der Waals surface area contributed by atoms with Crippen molar-refractivity contribution in [2.75, 3.05) is 12.0 Å². The Bertz CT molecular complexity index is 763. The first-order valence-corrected chi connectivity index (χ1v) is 5.95. The van der Waals surface area contributed by atoms with Gasteiger partial charge in [0.05, 0.1) is 12.2 Å². The fourth-order valence-corrected chi connectivity index (χ4v) is 1.69.